The van der Waals surface area contributed by atoms with Crippen LogP contribution >= 0.6 is 0 Å². The third kappa shape index (κ3) is 6.41. The number of phenols is 2. The molecule has 0 bridgehead atoms. The minimum absolute atomic E-state index is 0.0841. The van der Waals surface area contributed by atoms with E-state index in [1.54, 1.807) is 43.3 Å². The summed E-state index contributed by atoms with van der Waals surface area (Å²) in [7, 11) is -1.99. The monoisotopic (exact) mass is 568 g/mol. The number of likely N-dealkylation sites (N-methyl/N-ethyl adjacent to an activating group) is 1. The molecule has 0 aliphatic carbocycles. The molecule has 3 atom stereocenters. The van der Waals surface area contributed by atoms with E-state index in [1.807, 2.05) is 4.90 Å². The van der Waals surface area contributed by atoms with Gasteiger partial charge in [0.05, 0.1) is 6.26 Å². The number of piperidine rings is 1. The molecule has 0 aromatic heterocycles. The number of benzene rings is 3. The molecule has 0 radical (unpaired) electrons. The first-order valence-electron chi connectivity index (χ1n) is 12.9. The molecule has 1 aliphatic heterocycles. The molecule has 1 saturated heterocycles. The number of rotatable bonds is 9. The lowest BCUT2D eigenvalue weighted by Gasteiger charge is -2.44. The van der Waals surface area contributed by atoms with Crippen LogP contribution in [0.4, 0.5) is 4.39 Å². The van der Waals surface area contributed by atoms with Crippen LogP contribution in [-0.4, -0.2) is 78.9 Å². The molecule has 3 aromatic rings. The number of carbonyl (C=O) groups excluding carboxylic acids is 2. The molecule has 1 heterocycles. The Bertz CT molecular complexity index is 1460. The summed E-state index contributed by atoms with van der Waals surface area (Å²) < 4.78 is 40.0. The van der Waals surface area contributed by atoms with E-state index in [1.165, 1.54) is 41.7 Å². The second-order valence-electron chi connectivity index (χ2n) is 10.4. The number of nitrogens with zero attached hydrogens (tertiary/aromatic N) is 2. The second-order valence-corrected chi connectivity index (χ2v) is 12.5. The largest absolute Gasteiger partial charge is 0.508 e. The van der Waals surface area contributed by atoms with Gasteiger partial charge >= 0.3 is 0 Å². The maximum Gasteiger partial charge on any atom is 0.210 e. The van der Waals surface area contributed by atoms with Gasteiger partial charge in [-0.2, -0.15) is 0 Å². The van der Waals surface area contributed by atoms with Gasteiger partial charge in [-0.1, -0.05) is 36.4 Å². The van der Waals surface area contributed by atoms with Crippen LogP contribution in [0.3, 0.4) is 0 Å². The lowest BCUT2D eigenvalue weighted by Crippen LogP contribution is -2.52. The molecule has 4 rings (SSSR count). The van der Waals surface area contributed by atoms with E-state index < -0.39 is 33.6 Å². The van der Waals surface area contributed by atoms with Crippen molar-refractivity contribution in [1.29, 1.82) is 0 Å². The van der Waals surface area contributed by atoms with Gasteiger partial charge in [0.15, 0.2) is 11.6 Å². The summed E-state index contributed by atoms with van der Waals surface area (Å²) in [6.45, 7) is 2.39. The van der Waals surface area contributed by atoms with E-state index in [4.69, 9.17) is 0 Å². The fourth-order valence-electron chi connectivity index (χ4n) is 5.43. The zero-order valence-corrected chi connectivity index (χ0v) is 23.4. The Morgan fingerprint density at radius 1 is 0.925 bits per heavy atom. The average molecular weight is 569 g/mol. The van der Waals surface area contributed by atoms with E-state index in [0.29, 0.717) is 11.1 Å². The van der Waals surface area contributed by atoms with Gasteiger partial charge in [0.1, 0.15) is 17.3 Å². The Morgan fingerprint density at radius 2 is 1.43 bits per heavy atom. The maximum absolute atomic E-state index is 14.8. The van der Waals surface area contributed by atoms with Crippen LogP contribution in [0.5, 0.6) is 11.5 Å². The summed E-state index contributed by atoms with van der Waals surface area (Å²) in [6.07, 6.45) is 1.11. The van der Waals surface area contributed by atoms with Crippen molar-refractivity contribution in [2.75, 3.05) is 39.5 Å². The van der Waals surface area contributed by atoms with E-state index in [9.17, 15) is 32.6 Å². The molecular formula is C30H33FN2O6S. The lowest BCUT2D eigenvalue weighted by molar-refractivity contribution is 0.0565. The summed E-state index contributed by atoms with van der Waals surface area (Å²) in [5, 5.41) is 20.1. The number of likely N-dealkylation sites (tertiary alicyclic amines) is 1. The predicted octanol–water partition coefficient (Wildman–Crippen LogP) is 3.83. The number of carbonyl (C=O) groups is 2. The number of halogens is 1. The van der Waals surface area contributed by atoms with Crippen LogP contribution in [0.15, 0.2) is 66.7 Å². The smallest absolute Gasteiger partial charge is 0.210 e. The lowest BCUT2D eigenvalue weighted by atomic mass is 9.68. The molecule has 0 saturated carbocycles. The summed E-state index contributed by atoms with van der Waals surface area (Å²) in [4.78, 5) is 30.0. The van der Waals surface area contributed by atoms with Crippen molar-refractivity contribution in [3.05, 3.63) is 94.8 Å². The molecule has 1 aliphatic rings. The molecule has 8 nitrogen and oxygen atoms in total. The van der Waals surface area contributed by atoms with Gasteiger partial charge in [0.25, 0.3) is 0 Å². The fraction of sp³-hybridized carbons (Fsp3) is 0.333. The highest BCUT2D eigenvalue weighted by Crippen LogP contribution is 2.42. The van der Waals surface area contributed by atoms with Crippen LogP contribution in [-0.2, 0) is 10.0 Å². The Kier molecular flexibility index (Phi) is 8.72. The van der Waals surface area contributed by atoms with Crippen LogP contribution in [0, 0.1) is 24.6 Å². The standard InChI is InChI=1S/C30H33FN2O6S/c1-19-24(11-6-12-27(19)31)28-25(29(36)20-7-4-9-22(34)15-20)17-33(14-13-32(2)40(3,38)39)18-26(28)30(37)21-8-5-10-23(35)16-21/h4-12,15-16,25-26,28,34-35H,13-14,17-18H2,1-3H3/t25-,26+,28?. The molecule has 10 heteroatoms. The van der Waals surface area contributed by atoms with Gasteiger partial charge < -0.3 is 15.1 Å². The van der Waals surface area contributed by atoms with Crippen molar-refractivity contribution in [3.63, 3.8) is 0 Å². The minimum atomic E-state index is -3.45. The highest BCUT2D eigenvalue weighted by atomic mass is 32.2. The number of aromatic hydroxyl groups is 2. The first-order chi connectivity index (χ1) is 18.9. The highest BCUT2D eigenvalue weighted by molar-refractivity contribution is 7.88. The predicted molar refractivity (Wildman–Crippen MR) is 150 cm³/mol. The van der Waals surface area contributed by atoms with Crippen LogP contribution in [0.2, 0.25) is 0 Å². The molecular weight excluding hydrogens is 535 g/mol. The number of phenolic OH excluding ortho intramolecular Hbond substituents is 2. The molecule has 0 amide bonds. The van der Waals surface area contributed by atoms with Crippen molar-refractivity contribution in [2.24, 2.45) is 11.8 Å². The normalized spacial score (nSPS) is 20.0. The first-order valence-corrected chi connectivity index (χ1v) is 14.8. The molecule has 3 aromatic carbocycles. The minimum Gasteiger partial charge on any atom is -0.508 e. The van der Waals surface area contributed by atoms with Gasteiger partial charge in [-0.05, 0) is 48.4 Å². The van der Waals surface area contributed by atoms with E-state index in [2.05, 4.69) is 0 Å². The van der Waals surface area contributed by atoms with Gasteiger partial charge in [0, 0.05) is 62.1 Å². The van der Waals surface area contributed by atoms with E-state index >= 15 is 0 Å². The number of Topliss-reactive ketones (excluding diaryl/α,β-unsaturated/α-hetero) is 2. The van der Waals surface area contributed by atoms with Crippen molar-refractivity contribution >= 4 is 21.6 Å². The van der Waals surface area contributed by atoms with Crippen molar-refractivity contribution < 1.29 is 32.6 Å². The zero-order chi connectivity index (χ0) is 29.2. The third-order valence-electron chi connectivity index (χ3n) is 7.68. The number of hydrogen-bond donors (Lipinski definition) is 2. The number of sulfonamides is 1. The average Bonchev–Trinajstić information content (AvgIpc) is 2.91. The number of ketones is 2. The quantitative estimate of drug-likeness (QED) is 0.377. The summed E-state index contributed by atoms with van der Waals surface area (Å²) >= 11 is 0. The van der Waals surface area contributed by atoms with Crippen LogP contribution in [0.1, 0.15) is 37.8 Å². The Labute approximate surface area is 233 Å². The summed E-state index contributed by atoms with van der Waals surface area (Å²) in [5.74, 6) is -3.61. The fourth-order valence-corrected chi connectivity index (χ4v) is 5.84. The van der Waals surface area contributed by atoms with Gasteiger partial charge in [0.2, 0.25) is 10.0 Å². The van der Waals surface area contributed by atoms with Crippen molar-refractivity contribution in [3.8, 4) is 11.5 Å². The molecule has 1 unspecified atom stereocenters. The molecule has 0 spiro atoms. The zero-order valence-electron chi connectivity index (χ0n) is 22.6. The van der Waals surface area contributed by atoms with E-state index in [-0.39, 0.29) is 60.4 Å². The van der Waals surface area contributed by atoms with Crippen molar-refractivity contribution in [1.82, 2.24) is 9.21 Å². The summed E-state index contributed by atoms with van der Waals surface area (Å²) in [5.41, 5.74) is 1.37. The Hall–Kier alpha value is -3.60. The van der Waals surface area contributed by atoms with Gasteiger partial charge in [-0.3, -0.25) is 9.59 Å². The van der Waals surface area contributed by atoms with Crippen LogP contribution in [0.25, 0.3) is 0 Å². The first kappa shape index (κ1) is 29.4. The van der Waals surface area contributed by atoms with Gasteiger partial charge in [-0.15, -0.1) is 0 Å². The molecule has 212 valence electrons. The Morgan fingerprint density at radius 3 is 1.90 bits per heavy atom. The van der Waals surface area contributed by atoms with Crippen molar-refractivity contribution in [2.45, 2.75) is 12.8 Å². The molecule has 40 heavy (non-hydrogen) atoms. The second kappa shape index (κ2) is 11.9. The van der Waals surface area contributed by atoms with Crippen LogP contribution < -0.4 is 0 Å². The molecule has 2 N–H and O–H groups in total. The van der Waals surface area contributed by atoms with Gasteiger partial charge in [-0.25, -0.2) is 17.1 Å². The SMILES string of the molecule is Cc1c(F)cccc1C1[C@@H](C(=O)c2cccc(O)c2)CN(CCN(C)S(C)(=O)=O)C[C@H]1C(=O)c1cccc(O)c1. The maximum atomic E-state index is 14.8. The van der Waals surface area contributed by atoms with E-state index in [0.717, 1.165) is 6.26 Å². The highest BCUT2D eigenvalue weighted by Gasteiger charge is 2.45. The summed E-state index contributed by atoms with van der Waals surface area (Å²) in [6, 6.07) is 16.5. The Balaban J connectivity index is 1.83. The number of hydrogen-bond acceptors (Lipinski definition) is 7. The molecule has 1 fully saturated rings. The topological polar surface area (TPSA) is 115 Å². The third-order valence-corrected chi connectivity index (χ3v) is 8.99.